The molecular formula is C15H10ClNO2. The van der Waals surface area contributed by atoms with Gasteiger partial charge in [-0.25, -0.2) is 9.79 Å². The summed E-state index contributed by atoms with van der Waals surface area (Å²) in [5, 5.41) is 0.583. The van der Waals surface area contributed by atoms with Gasteiger partial charge < -0.3 is 4.74 Å². The number of cyclic esters (lactones) is 1. The van der Waals surface area contributed by atoms with Crippen LogP contribution in [0.1, 0.15) is 17.2 Å². The van der Waals surface area contributed by atoms with Gasteiger partial charge in [0.25, 0.3) is 0 Å². The Hall–Kier alpha value is -2.13. The Balaban J connectivity index is 1.96. The van der Waals surface area contributed by atoms with Crippen LogP contribution < -0.4 is 0 Å². The number of esters is 1. The fourth-order valence-electron chi connectivity index (χ4n) is 1.95. The minimum absolute atomic E-state index is 0.321. The highest BCUT2D eigenvalue weighted by Gasteiger charge is 2.30. The van der Waals surface area contributed by atoms with Crippen molar-refractivity contribution in [2.75, 3.05) is 0 Å². The number of hydrogen-bond acceptors (Lipinski definition) is 3. The number of nitrogens with zero attached hydrogens (tertiary/aromatic N) is 1. The lowest BCUT2D eigenvalue weighted by Gasteiger charge is -2.01. The highest BCUT2D eigenvalue weighted by Crippen LogP contribution is 2.26. The van der Waals surface area contributed by atoms with Crippen molar-refractivity contribution in [2.24, 2.45) is 4.99 Å². The fourth-order valence-corrected chi connectivity index (χ4v) is 2.14. The summed E-state index contributed by atoms with van der Waals surface area (Å²) in [6.07, 6.45) is 0. The minimum Gasteiger partial charge on any atom is -0.405 e. The second-order valence-corrected chi connectivity index (χ2v) is 4.62. The molecule has 0 radical (unpaired) electrons. The van der Waals surface area contributed by atoms with Gasteiger partial charge >= 0.3 is 5.97 Å². The molecule has 1 aliphatic heterocycles. The van der Waals surface area contributed by atoms with Crippen molar-refractivity contribution in [1.29, 1.82) is 0 Å². The summed E-state index contributed by atoms with van der Waals surface area (Å²) in [5.41, 5.74) is 1.53. The van der Waals surface area contributed by atoms with E-state index in [1.165, 1.54) is 0 Å². The lowest BCUT2D eigenvalue weighted by molar-refractivity contribution is -0.135. The standard InChI is InChI=1S/C15H10ClNO2/c16-12-8-4-7-11(9-12)14-17-13(15(18)19-14)10-5-2-1-3-6-10/h1-9,13H. The van der Waals surface area contributed by atoms with E-state index in [0.29, 0.717) is 16.5 Å². The Morgan fingerprint density at radius 2 is 1.84 bits per heavy atom. The van der Waals surface area contributed by atoms with Crippen LogP contribution in [0.2, 0.25) is 5.02 Å². The Kier molecular flexibility index (Phi) is 3.05. The molecule has 0 aliphatic carbocycles. The van der Waals surface area contributed by atoms with E-state index in [1.54, 1.807) is 18.2 Å². The Morgan fingerprint density at radius 1 is 1.05 bits per heavy atom. The van der Waals surface area contributed by atoms with Gasteiger partial charge in [-0.2, -0.15) is 0 Å². The van der Waals surface area contributed by atoms with Gasteiger partial charge in [-0.1, -0.05) is 48.0 Å². The molecule has 0 spiro atoms. The number of carbonyl (C=O) groups is 1. The molecule has 3 nitrogen and oxygen atoms in total. The zero-order chi connectivity index (χ0) is 13.2. The Morgan fingerprint density at radius 3 is 2.58 bits per heavy atom. The summed E-state index contributed by atoms with van der Waals surface area (Å²) in [4.78, 5) is 16.2. The molecule has 2 aromatic carbocycles. The van der Waals surface area contributed by atoms with Gasteiger partial charge in [0.05, 0.1) is 0 Å². The summed E-state index contributed by atoms with van der Waals surface area (Å²) in [7, 11) is 0. The molecule has 4 heteroatoms. The molecule has 0 bridgehead atoms. The van der Waals surface area contributed by atoms with E-state index in [4.69, 9.17) is 16.3 Å². The molecule has 0 aromatic heterocycles. The normalized spacial score (nSPS) is 18.1. The zero-order valence-corrected chi connectivity index (χ0v) is 10.7. The highest BCUT2D eigenvalue weighted by atomic mass is 35.5. The molecule has 0 N–H and O–H groups in total. The van der Waals surface area contributed by atoms with Crippen LogP contribution in [0.4, 0.5) is 0 Å². The van der Waals surface area contributed by atoms with Gasteiger partial charge in [-0.15, -0.1) is 0 Å². The van der Waals surface area contributed by atoms with Crippen molar-refractivity contribution in [3.05, 3.63) is 70.7 Å². The van der Waals surface area contributed by atoms with Crippen molar-refractivity contribution in [2.45, 2.75) is 6.04 Å². The summed E-state index contributed by atoms with van der Waals surface area (Å²) >= 11 is 5.92. The van der Waals surface area contributed by atoms with Crippen LogP contribution in [-0.2, 0) is 9.53 Å². The summed E-state index contributed by atoms with van der Waals surface area (Å²) in [6.45, 7) is 0. The lowest BCUT2D eigenvalue weighted by atomic mass is 10.1. The van der Waals surface area contributed by atoms with Crippen LogP contribution in [0.5, 0.6) is 0 Å². The number of benzene rings is 2. The van der Waals surface area contributed by atoms with Crippen molar-refractivity contribution in [1.82, 2.24) is 0 Å². The van der Waals surface area contributed by atoms with Crippen molar-refractivity contribution >= 4 is 23.5 Å². The molecule has 19 heavy (non-hydrogen) atoms. The zero-order valence-electron chi connectivity index (χ0n) is 9.92. The van der Waals surface area contributed by atoms with Gasteiger partial charge in [-0.3, -0.25) is 0 Å². The number of rotatable bonds is 2. The molecule has 3 rings (SSSR count). The maximum absolute atomic E-state index is 11.9. The van der Waals surface area contributed by atoms with E-state index >= 15 is 0 Å². The quantitative estimate of drug-likeness (QED) is 0.786. The van der Waals surface area contributed by atoms with Crippen LogP contribution >= 0.6 is 11.6 Å². The van der Waals surface area contributed by atoms with Crippen LogP contribution in [0.3, 0.4) is 0 Å². The first-order valence-electron chi connectivity index (χ1n) is 5.84. The SMILES string of the molecule is O=C1OC(c2cccc(Cl)c2)=NC1c1ccccc1. The second kappa shape index (κ2) is 4.86. The van der Waals surface area contributed by atoms with E-state index in [2.05, 4.69) is 4.99 Å². The van der Waals surface area contributed by atoms with Crippen molar-refractivity contribution < 1.29 is 9.53 Å². The summed E-state index contributed by atoms with van der Waals surface area (Å²) in [5.74, 6) is -0.0393. The van der Waals surface area contributed by atoms with Crippen LogP contribution in [-0.4, -0.2) is 11.9 Å². The average molecular weight is 272 g/mol. The van der Waals surface area contributed by atoms with Crippen LogP contribution in [0, 0.1) is 0 Å². The molecule has 2 aromatic rings. The summed E-state index contributed by atoms with van der Waals surface area (Å²) in [6, 6.07) is 15.9. The van der Waals surface area contributed by atoms with Crippen molar-refractivity contribution in [3.63, 3.8) is 0 Å². The third-order valence-electron chi connectivity index (χ3n) is 2.85. The molecule has 0 amide bonds. The molecular weight excluding hydrogens is 262 g/mol. The van der Waals surface area contributed by atoms with E-state index in [1.807, 2.05) is 36.4 Å². The van der Waals surface area contributed by atoms with Gasteiger partial charge in [-0.05, 0) is 23.8 Å². The highest BCUT2D eigenvalue weighted by molar-refractivity contribution is 6.31. The topological polar surface area (TPSA) is 38.7 Å². The first kappa shape index (κ1) is 11.9. The lowest BCUT2D eigenvalue weighted by Crippen LogP contribution is -2.08. The third-order valence-corrected chi connectivity index (χ3v) is 3.09. The minimum atomic E-state index is -0.588. The maximum Gasteiger partial charge on any atom is 0.342 e. The molecule has 1 atom stereocenters. The van der Waals surface area contributed by atoms with E-state index in [9.17, 15) is 4.79 Å². The van der Waals surface area contributed by atoms with E-state index in [0.717, 1.165) is 5.56 Å². The predicted molar refractivity (Wildman–Crippen MR) is 73.3 cm³/mol. The maximum atomic E-state index is 11.9. The van der Waals surface area contributed by atoms with E-state index < -0.39 is 6.04 Å². The van der Waals surface area contributed by atoms with Crippen LogP contribution in [0.15, 0.2) is 59.6 Å². The Bertz CT molecular complexity index is 652. The number of carbonyl (C=O) groups excluding carboxylic acids is 1. The molecule has 0 saturated carbocycles. The van der Waals surface area contributed by atoms with Crippen LogP contribution in [0.25, 0.3) is 0 Å². The second-order valence-electron chi connectivity index (χ2n) is 4.18. The predicted octanol–water partition coefficient (Wildman–Crippen LogP) is 3.38. The van der Waals surface area contributed by atoms with Crippen molar-refractivity contribution in [3.8, 4) is 0 Å². The van der Waals surface area contributed by atoms with Gasteiger partial charge in [0.15, 0.2) is 6.04 Å². The molecule has 0 saturated heterocycles. The monoisotopic (exact) mass is 271 g/mol. The van der Waals surface area contributed by atoms with Gasteiger partial charge in [0.2, 0.25) is 5.90 Å². The van der Waals surface area contributed by atoms with E-state index in [-0.39, 0.29) is 5.97 Å². The largest absolute Gasteiger partial charge is 0.405 e. The molecule has 94 valence electrons. The first-order chi connectivity index (χ1) is 9.24. The summed E-state index contributed by atoms with van der Waals surface area (Å²) < 4.78 is 5.22. The smallest absolute Gasteiger partial charge is 0.342 e. The molecule has 1 aliphatic rings. The van der Waals surface area contributed by atoms with Gasteiger partial charge in [0.1, 0.15) is 0 Å². The molecule has 1 unspecified atom stereocenters. The number of halogens is 1. The molecule has 1 heterocycles. The number of aliphatic imine (C=N–C) groups is 1. The van der Waals surface area contributed by atoms with Gasteiger partial charge in [0, 0.05) is 10.6 Å². The first-order valence-corrected chi connectivity index (χ1v) is 6.22. The molecule has 0 fully saturated rings. The number of ether oxygens (including phenoxy) is 1. The fraction of sp³-hybridized carbons (Fsp3) is 0.0667. The number of hydrogen-bond donors (Lipinski definition) is 0. The average Bonchev–Trinajstić information content (AvgIpc) is 2.82. The third kappa shape index (κ3) is 2.37. The Labute approximate surface area is 115 Å².